The van der Waals surface area contributed by atoms with Gasteiger partial charge < -0.3 is 10.4 Å². The van der Waals surface area contributed by atoms with E-state index in [4.69, 9.17) is 10.4 Å². The lowest BCUT2D eigenvalue weighted by Gasteiger charge is -2.23. The van der Waals surface area contributed by atoms with Gasteiger partial charge in [0.05, 0.1) is 0 Å². The van der Waals surface area contributed by atoms with E-state index in [1.54, 1.807) is 0 Å². The topological polar surface area (TPSA) is 56.0 Å². The molecule has 0 fully saturated rings. The summed E-state index contributed by atoms with van der Waals surface area (Å²) in [6, 6.07) is 5.96. The lowest BCUT2D eigenvalue weighted by Crippen LogP contribution is -2.29. The van der Waals surface area contributed by atoms with E-state index in [2.05, 4.69) is 25.2 Å². The van der Waals surface area contributed by atoms with E-state index in [1.165, 1.54) is 16.2 Å². The molecule has 4 heteroatoms. The molecule has 1 aromatic rings. The smallest absolute Gasteiger partial charge is 0.110 e. The van der Waals surface area contributed by atoms with Crippen LogP contribution in [0.5, 0.6) is 0 Å². The van der Waals surface area contributed by atoms with Crippen LogP contribution in [-0.4, -0.2) is 18.3 Å². The Morgan fingerprint density at radius 2 is 2.25 bits per heavy atom. The summed E-state index contributed by atoms with van der Waals surface area (Å²) < 4.78 is 0. The number of rotatable bonds is 6. The van der Waals surface area contributed by atoms with Gasteiger partial charge in [-0.1, -0.05) is 13.8 Å². The summed E-state index contributed by atoms with van der Waals surface area (Å²) in [4.78, 5) is 1.93. The molecule has 0 amide bonds. The first kappa shape index (κ1) is 13.2. The minimum absolute atomic E-state index is 0.115. The second-order valence-electron chi connectivity index (χ2n) is 4.62. The quantitative estimate of drug-likeness (QED) is 0.798. The molecule has 0 aromatic carbocycles. The second-order valence-corrected chi connectivity index (χ2v) is 5.79. The Bertz CT molecular complexity index is 365. The molecule has 88 valence electrons. The van der Waals surface area contributed by atoms with Crippen molar-refractivity contribution >= 4 is 11.3 Å². The number of nitrogens with one attached hydrogen (secondary N) is 1. The molecule has 0 aliphatic rings. The third-order valence-corrected chi connectivity index (χ3v) is 3.45. The van der Waals surface area contributed by atoms with E-state index < -0.39 is 0 Å². The second kappa shape index (κ2) is 6.00. The predicted octanol–water partition coefficient (Wildman–Crippen LogP) is 2.12. The van der Waals surface area contributed by atoms with Crippen molar-refractivity contribution in [3.05, 3.63) is 21.9 Å². The highest BCUT2D eigenvalue weighted by Gasteiger charge is 2.16. The van der Waals surface area contributed by atoms with Gasteiger partial charge in [-0.25, -0.2) is 0 Å². The van der Waals surface area contributed by atoms with Crippen LogP contribution in [0.15, 0.2) is 12.1 Å². The van der Waals surface area contributed by atoms with Gasteiger partial charge in [-0.2, -0.15) is 5.26 Å². The Labute approximate surface area is 101 Å². The summed E-state index contributed by atoms with van der Waals surface area (Å²) >= 11 is 1.52. The van der Waals surface area contributed by atoms with Gasteiger partial charge >= 0.3 is 0 Å². The van der Waals surface area contributed by atoms with Gasteiger partial charge in [-0.05, 0) is 24.0 Å². The van der Waals surface area contributed by atoms with Crippen LogP contribution in [0.25, 0.3) is 0 Å². The Hall–Kier alpha value is -0.890. The van der Waals surface area contributed by atoms with Gasteiger partial charge in [0.15, 0.2) is 0 Å². The van der Waals surface area contributed by atoms with E-state index in [-0.39, 0.29) is 12.0 Å². The minimum Gasteiger partial charge on any atom is -0.396 e. The summed E-state index contributed by atoms with van der Waals surface area (Å²) in [6.45, 7) is 6.15. The van der Waals surface area contributed by atoms with E-state index >= 15 is 0 Å². The molecule has 0 saturated carbocycles. The van der Waals surface area contributed by atoms with Crippen LogP contribution in [0, 0.1) is 16.7 Å². The largest absolute Gasteiger partial charge is 0.396 e. The van der Waals surface area contributed by atoms with Gasteiger partial charge in [0.2, 0.25) is 0 Å². The van der Waals surface area contributed by atoms with Crippen LogP contribution < -0.4 is 5.32 Å². The third-order valence-electron chi connectivity index (χ3n) is 2.46. The van der Waals surface area contributed by atoms with Crippen molar-refractivity contribution in [3.63, 3.8) is 0 Å². The van der Waals surface area contributed by atoms with Crippen LogP contribution in [0.4, 0.5) is 0 Å². The zero-order valence-corrected chi connectivity index (χ0v) is 10.6. The van der Waals surface area contributed by atoms with Crippen LogP contribution in [0.2, 0.25) is 0 Å². The molecule has 1 rings (SSSR count). The summed E-state index contributed by atoms with van der Waals surface area (Å²) in [6.07, 6.45) is 0.799. The molecule has 3 nitrogen and oxygen atoms in total. The molecular formula is C12H18N2OS. The monoisotopic (exact) mass is 238 g/mol. The fourth-order valence-electron chi connectivity index (χ4n) is 1.45. The fraction of sp³-hybridized carbons (Fsp3) is 0.583. The maximum Gasteiger partial charge on any atom is 0.110 e. The van der Waals surface area contributed by atoms with Crippen LogP contribution >= 0.6 is 11.3 Å². The van der Waals surface area contributed by atoms with E-state index in [0.717, 1.165) is 24.4 Å². The number of aliphatic hydroxyl groups excluding tert-OH is 1. The number of nitriles is 1. The third kappa shape index (κ3) is 4.31. The Balaban J connectivity index is 2.33. The highest BCUT2D eigenvalue weighted by molar-refractivity contribution is 7.12. The molecule has 16 heavy (non-hydrogen) atoms. The van der Waals surface area contributed by atoms with Gasteiger partial charge in [-0.15, -0.1) is 11.3 Å². The van der Waals surface area contributed by atoms with Crippen molar-refractivity contribution in [2.24, 2.45) is 5.41 Å². The van der Waals surface area contributed by atoms with Crippen molar-refractivity contribution in [3.8, 4) is 6.07 Å². The average Bonchev–Trinajstić information content (AvgIpc) is 2.65. The van der Waals surface area contributed by atoms with Crippen molar-refractivity contribution < 1.29 is 5.11 Å². The highest BCUT2D eigenvalue weighted by Crippen LogP contribution is 2.19. The Morgan fingerprint density at radius 3 is 2.81 bits per heavy atom. The van der Waals surface area contributed by atoms with Crippen molar-refractivity contribution in [2.75, 3.05) is 13.2 Å². The summed E-state index contributed by atoms with van der Waals surface area (Å²) in [5.74, 6) is 0. The molecule has 0 aliphatic carbocycles. The Morgan fingerprint density at radius 1 is 1.50 bits per heavy atom. The van der Waals surface area contributed by atoms with Crippen molar-refractivity contribution in [2.45, 2.75) is 26.8 Å². The normalized spacial score (nSPS) is 11.4. The van der Waals surface area contributed by atoms with Gasteiger partial charge in [0.1, 0.15) is 10.9 Å². The first-order valence-electron chi connectivity index (χ1n) is 5.38. The molecule has 0 unspecified atom stereocenters. The Kier molecular flexibility index (Phi) is 4.94. The molecule has 0 aliphatic heterocycles. The maximum absolute atomic E-state index is 8.89. The first-order chi connectivity index (χ1) is 7.57. The summed E-state index contributed by atoms with van der Waals surface area (Å²) in [7, 11) is 0. The molecule has 0 radical (unpaired) electrons. The highest BCUT2D eigenvalue weighted by atomic mass is 32.1. The van der Waals surface area contributed by atoms with Crippen LogP contribution in [-0.2, 0) is 6.54 Å². The van der Waals surface area contributed by atoms with Crippen LogP contribution in [0.1, 0.15) is 30.0 Å². The molecule has 1 heterocycles. The average molecular weight is 238 g/mol. The SMILES string of the molecule is CC(C)(CCO)CNCc1ccc(C#N)s1. The van der Waals surface area contributed by atoms with Gasteiger partial charge in [-0.3, -0.25) is 0 Å². The molecule has 0 bridgehead atoms. The van der Waals surface area contributed by atoms with Crippen molar-refractivity contribution in [1.29, 1.82) is 5.26 Å². The predicted molar refractivity (Wildman–Crippen MR) is 66.2 cm³/mol. The number of hydrogen-bond acceptors (Lipinski definition) is 4. The zero-order chi connectivity index (χ0) is 12.0. The van der Waals surface area contributed by atoms with E-state index in [9.17, 15) is 0 Å². The van der Waals surface area contributed by atoms with Crippen molar-refractivity contribution in [1.82, 2.24) is 5.32 Å². The molecule has 2 N–H and O–H groups in total. The molecular weight excluding hydrogens is 220 g/mol. The number of aliphatic hydroxyl groups is 1. The van der Waals surface area contributed by atoms with Gasteiger partial charge in [0, 0.05) is 24.6 Å². The number of thiophene rings is 1. The van der Waals surface area contributed by atoms with Crippen LogP contribution in [0.3, 0.4) is 0 Å². The molecule has 0 atom stereocenters. The van der Waals surface area contributed by atoms with E-state index in [1.807, 2.05) is 12.1 Å². The van der Waals surface area contributed by atoms with Gasteiger partial charge in [0.25, 0.3) is 0 Å². The zero-order valence-electron chi connectivity index (χ0n) is 9.79. The minimum atomic E-state index is 0.115. The lowest BCUT2D eigenvalue weighted by molar-refractivity contribution is 0.207. The molecule has 0 spiro atoms. The summed E-state index contributed by atoms with van der Waals surface area (Å²) in [5, 5.41) is 20.9. The molecule has 1 aromatic heterocycles. The van der Waals surface area contributed by atoms with E-state index in [0.29, 0.717) is 0 Å². The first-order valence-corrected chi connectivity index (χ1v) is 6.19. The lowest BCUT2D eigenvalue weighted by atomic mass is 9.90. The summed E-state index contributed by atoms with van der Waals surface area (Å²) in [5.41, 5.74) is 0.115. The number of nitrogens with zero attached hydrogens (tertiary/aromatic N) is 1. The standard InChI is InChI=1S/C12H18N2OS/c1-12(2,5-6-15)9-14-8-11-4-3-10(7-13)16-11/h3-4,14-15H,5-6,8-9H2,1-2H3. The molecule has 0 saturated heterocycles. The fourth-order valence-corrected chi connectivity index (χ4v) is 2.22. The maximum atomic E-state index is 8.89. The number of hydrogen-bond donors (Lipinski definition) is 2.